The predicted octanol–water partition coefficient (Wildman–Crippen LogP) is 1.64. The van der Waals surface area contributed by atoms with Crippen molar-refractivity contribution in [1.29, 1.82) is 0 Å². The zero-order valence-corrected chi connectivity index (χ0v) is 11.7. The topological polar surface area (TPSA) is 40.6 Å². The molecule has 0 aliphatic carbocycles. The number of rotatable bonds is 4. The van der Waals surface area contributed by atoms with E-state index in [0.717, 1.165) is 32.2 Å². The van der Waals surface area contributed by atoms with Crippen LogP contribution in [0, 0.1) is 5.92 Å². The van der Waals surface area contributed by atoms with Gasteiger partial charge in [0.05, 0.1) is 0 Å². The number of amides is 2. The van der Waals surface area contributed by atoms with Crippen molar-refractivity contribution in [2.75, 3.05) is 13.1 Å². The number of hydrogen-bond acceptors (Lipinski definition) is 2. The zero-order chi connectivity index (χ0) is 13.3. The molecule has 2 aliphatic rings. The van der Waals surface area contributed by atoms with E-state index in [1.807, 2.05) is 0 Å². The summed E-state index contributed by atoms with van der Waals surface area (Å²) in [6.45, 7) is 7.50. The minimum absolute atomic E-state index is 0.133. The van der Waals surface area contributed by atoms with E-state index in [9.17, 15) is 9.59 Å². The molecule has 2 saturated heterocycles. The highest BCUT2D eigenvalue weighted by atomic mass is 16.2. The molecule has 0 saturated carbocycles. The monoisotopic (exact) mass is 252 g/mol. The van der Waals surface area contributed by atoms with Gasteiger partial charge in [-0.15, -0.1) is 0 Å². The Morgan fingerprint density at radius 3 is 2.61 bits per heavy atom. The van der Waals surface area contributed by atoms with Crippen molar-refractivity contribution >= 4 is 11.8 Å². The van der Waals surface area contributed by atoms with Gasteiger partial charge in [-0.25, -0.2) is 0 Å². The molecule has 2 fully saturated rings. The molecule has 4 nitrogen and oxygen atoms in total. The van der Waals surface area contributed by atoms with Crippen LogP contribution in [0.2, 0.25) is 0 Å². The van der Waals surface area contributed by atoms with Gasteiger partial charge < -0.3 is 9.80 Å². The van der Waals surface area contributed by atoms with Crippen LogP contribution in [-0.2, 0) is 9.59 Å². The minimum atomic E-state index is -0.159. The molecule has 0 spiro atoms. The molecule has 2 rings (SSSR count). The van der Waals surface area contributed by atoms with Crippen LogP contribution in [0.4, 0.5) is 0 Å². The molecule has 2 atom stereocenters. The Morgan fingerprint density at radius 1 is 1.22 bits per heavy atom. The molecular weight excluding hydrogens is 228 g/mol. The highest BCUT2D eigenvalue weighted by Gasteiger charge is 2.42. The largest absolute Gasteiger partial charge is 0.329 e. The number of piperazine rings is 1. The molecule has 0 aromatic heterocycles. The Kier molecular flexibility index (Phi) is 3.93. The van der Waals surface area contributed by atoms with Crippen LogP contribution in [-0.4, -0.2) is 46.8 Å². The molecule has 0 aromatic rings. The summed E-state index contributed by atoms with van der Waals surface area (Å²) in [5, 5.41) is 0. The number of fused-ring (bicyclic) bond motifs is 1. The van der Waals surface area contributed by atoms with Gasteiger partial charge in [-0.05, 0) is 38.5 Å². The van der Waals surface area contributed by atoms with E-state index in [1.165, 1.54) is 0 Å². The minimum Gasteiger partial charge on any atom is -0.329 e. The van der Waals surface area contributed by atoms with Gasteiger partial charge in [-0.2, -0.15) is 0 Å². The summed E-state index contributed by atoms with van der Waals surface area (Å²) in [7, 11) is 0. The van der Waals surface area contributed by atoms with Crippen LogP contribution < -0.4 is 0 Å². The summed E-state index contributed by atoms with van der Waals surface area (Å²) < 4.78 is 0. The average molecular weight is 252 g/mol. The Morgan fingerprint density at radius 2 is 1.94 bits per heavy atom. The van der Waals surface area contributed by atoms with E-state index in [2.05, 4.69) is 20.8 Å². The van der Waals surface area contributed by atoms with Crippen molar-refractivity contribution < 1.29 is 9.59 Å². The second-order valence-corrected chi connectivity index (χ2v) is 6.03. The smallest absolute Gasteiger partial charge is 0.246 e. The zero-order valence-electron chi connectivity index (χ0n) is 11.7. The fraction of sp³-hybridized carbons (Fsp3) is 0.857. The summed E-state index contributed by atoms with van der Waals surface area (Å²) in [4.78, 5) is 28.0. The fourth-order valence-electron chi connectivity index (χ4n) is 2.93. The normalized spacial score (nSPS) is 25.9. The van der Waals surface area contributed by atoms with E-state index < -0.39 is 0 Å². The molecule has 2 amide bonds. The van der Waals surface area contributed by atoms with E-state index >= 15 is 0 Å². The summed E-state index contributed by atoms with van der Waals surface area (Å²) in [5.41, 5.74) is 0. The molecule has 102 valence electrons. The third-order valence-corrected chi connectivity index (χ3v) is 4.14. The van der Waals surface area contributed by atoms with Crippen LogP contribution in [0.3, 0.4) is 0 Å². The summed E-state index contributed by atoms with van der Waals surface area (Å²) in [5.74, 6) is 0.947. The second-order valence-electron chi connectivity index (χ2n) is 6.03. The lowest BCUT2D eigenvalue weighted by atomic mass is 10.0. The maximum Gasteiger partial charge on any atom is 0.246 e. The van der Waals surface area contributed by atoms with Gasteiger partial charge >= 0.3 is 0 Å². The van der Waals surface area contributed by atoms with Crippen molar-refractivity contribution in [3.05, 3.63) is 0 Å². The molecule has 2 heterocycles. The summed E-state index contributed by atoms with van der Waals surface area (Å²) >= 11 is 0. The van der Waals surface area contributed by atoms with Gasteiger partial charge in [0.1, 0.15) is 12.6 Å². The summed E-state index contributed by atoms with van der Waals surface area (Å²) in [6, 6.07) is 0.0272. The Bertz CT molecular complexity index is 341. The SMILES string of the molecule is CC(C)CCC(C)N1CC(=O)N2CCCC2C1=O. The highest BCUT2D eigenvalue weighted by Crippen LogP contribution is 2.26. The molecule has 0 bridgehead atoms. The van der Waals surface area contributed by atoms with Gasteiger partial charge in [-0.1, -0.05) is 13.8 Å². The van der Waals surface area contributed by atoms with Crippen LogP contribution >= 0.6 is 0 Å². The lowest BCUT2D eigenvalue weighted by molar-refractivity contribution is -0.155. The third kappa shape index (κ3) is 2.52. The quantitative estimate of drug-likeness (QED) is 0.763. The Balaban J connectivity index is 2.00. The predicted molar refractivity (Wildman–Crippen MR) is 70.0 cm³/mol. The van der Waals surface area contributed by atoms with Crippen LogP contribution in [0.1, 0.15) is 46.5 Å². The molecule has 0 radical (unpaired) electrons. The summed E-state index contributed by atoms with van der Waals surface area (Å²) in [6.07, 6.45) is 3.91. The molecule has 0 N–H and O–H groups in total. The van der Waals surface area contributed by atoms with Gasteiger partial charge in [0, 0.05) is 12.6 Å². The van der Waals surface area contributed by atoms with Gasteiger partial charge in [0.25, 0.3) is 0 Å². The third-order valence-electron chi connectivity index (χ3n) is 4.14. The first kappa shape index (κ1) is 13.4. The highest BCUT2D eigenvalue weighted by molar-refractivity contribution is 5.95. The van der Waals surface area contributed by atoms with Crippen LogP contribution in [0.5, 0.6) is 0 Å². The maximum atomic E-state index is 12.4. The van der Waals surface area contributed by atoms with Crippen molar-refractivity contribution in [3.8, 4) is 0 Å². The number of carbonyl (C=O) groups is 2. The maximum absolute atomic E-state index is 12.4. The fourth-order valence-corrected chi connectivity index (χ4v) is 2.93. The van der Waals surface area contributed by atoms with E-state index in [4.69, 9.17) is 0 Å². The van der Waals surface area contributed by atoms with Crippen molar-refractivity contribution in [2.24, 2.45) is 5.92 Å². The lowest BCUT2D eigenvalue weighted by Crippen LogP contribution is -2.59. The van der Waals surface area contributed by atoms with Gasteiger partial charge in [-0.3, -0.25) is 9.59 Å². The first-order chi connectivity index (χ1) is 8.50. The van der Waals surface area contributed by atoms with Crippen LogP contribution in [0.25, 0.3) is 0 Å². The van der Waals surface area contributed by atoms with Crippen molar-refractivity contribution in [2.45, 2.75) is 58.5 Å². The van der Waals surface area contributed by atoms with Crippen molar-refractivity contribution in [1.82, 2.24) is 9.80 Å². The van der Waals surface area contributed by atoms with Crippen LogP contribution in [0.15, 0.2) is 0 Å². The second kappa shape index (κ2) is 5.29. The number of hydrogen-bond donors (Lipinski definition) is 0. The lowest BCUT2D eigenvalue weighted by Gasteiger charge is -2.39. The standard InChI is InChI=1S/C14H24N2O2/c1-10(2)6-7-11(3)16-9-13(17)15-8-4-5-12(15)14(16)18/h10-12H,4-9H2,1-3H3. The molecule has 0 aromatic carbocycles. The first-order valence-corrected chi connectivity index (χ1v) is 7.10. The molecule has 2 aliphatic heterocycles. The van der Waals surface area contributed by atoms with E-state index in [0.29, 0.717) is 5.92 Å². The molecule has 4 heteroatoms. The molecular formula is C14H24N2O2. The number of nitrogens with zero attached hydrogens (tertiary/aromatic N) is 2. The Hall–Kier alpha value is -1.06. The van der Waals surface area contributed by atoms with E-state index in [1.54, 1.807) is 9.80 Å². The Labute approximate surface area is 109 Å². The van der Waals surface area contributed by atoms with Crippen molar-refractivity contribution in [3.63, 3.8) is 0 Å². The molecule has 18 heavy (non-hydrogen) atoms. The van der Waals surface area contributed by atoms with Gasteiger partial charge in [0.2, 0.25) is 11.8 Å². The first-order valence-electron chi connectivity index (χ1n) is 7.10. The van der Waals surface area contributed by atoms with E-state index in [-0.39, 0.29) is 30.4 Å². The van der Waals surface area contributed by atoms with Gasteiger partial charge in [0.15, 0.2) is 0 Å². The molecule has 2 unspecified atom stereocenters. The average Bonchev–Trinajstić information content (AvgIpc) is 2.80. The number of carbonyl (C=O) groups excluding carboxylic acids is 2.